The standard InChI is InChI=1S/C15H16N4O/c16-8-4-7-12-9-15(20)19-14(17-12)10-13(18-19)11-5-2-1-3-6-11/h1-3,5-6,9-10,18H,4,7-8,16H2. The van der Waals surface area contributed by atoms with E-state index < -0.39 is 0 Å². The lowest BCUT2D eigenvalue weighted by atomic mass is 10.2. The minimum Gasteiger partial charge on any atom is -0.330 e. The molecule has 0 saturated heterocycles. The summed E-state index contributed by atoms with van der Waals surface area (Å²) in [5, 5.41) is 3.08. The highest BCUT2D eigenvalue weighted by Gasteiger charge is 2.07. The van der Waals surface area contributed by atoms with E-state index in [-0.39, 0.29) is 5.56 Å². The first-order valence-corrected chi connectivity index (χ1v) is 6.65. The Morgan fingerprint density at radius 1 is 1.20 bits per heavy atom. The van der Waals surface area contributed by atoms with E-state index in [0.717, 1.165) is 29.8 Å². The highest BCUT2D eigenvalue weighted by atomic mass is 16.1. The summed E-state index contributed by atoms with van der Waals surface area (Å²) in [6, 6.07) is 13.3. The van der Waals surface area contributed by atoms with Crippen molar-refractivity contribution in [3.8, 4) is 11.3 Å². The number of fused-ring (bicyclic) bond motifs is 1. The summed E-state index contributed by atoms with van der Waals surface area (Å²) in [6.45, 7) is 0.601. The average molecular weight is 268 g/mol. The molecule has 2 heterocycles. The van der Waals surface area contributed by atoms with E-state index in [9.17, 15) is 4.79 Å². The van der Waals surface area contributed by atoms with E-state index >= 15 is 0 Å². The Labute approximate surface area is 116 Å². The van der Waals surface area contributed by atoms with Crippen molar-refractivity contribution in [1.82, 2.24) is 14.6 Å². The topological polar surface area (TPSA) is 76.2 Å². The molecule has 5 nitrogen and oxygen atoms in total. The summed E-state index contributed by atoms with van der Waals surface area (Å²) in [5.41, 5.74) is 8.74. The molecule has 0 aliphatic carbocycles. The van der Waals surface area contributed by atoms with E-state index in [4.69, 9.17) is 5.73 Å². The maximum absolute atomic E-state index is 12.1. The van der Waals surface area contributed by atoms with Crippen LogP contribution in [-0.2, 0) is 6.42 Å². The number of aromatic amines is 1. The fourth-order valence-electron chi connectivity index (χ4n) is 2.22. The van der Waals surface area contributed by atoms with Gasteiger partial charge in [0, 0.05) is 17.8 Å². The van der Waals surface area contributed by atoms with Crippen LogP contribution in [0, 0.1) is 0 Å². The predicted molar refractivity (Wildman–Crippen MR) is 78.6 cm³/mol. The average Bonchev–Trinajstić information content (AvgIpc) is 2.91. The van der Waals surface area contributed by atoms with Gasteiger partial charge < -0.3 is 5.73 Å². The SMILES string of the molecule is NCCCc1cc(=O)n2[nH]c(-c3ccccc3)cc2n1. The van der Waals surface area contributed by atoms with Crippen LogP contribution in [0.2, 0.25) is 0 Å². The second-order valence-corrected chi connectivity index (χ2v) is 4.71. The van der Waals surface area contributed by atoms with Crippen molar-refractivity contribution in [1.29, 1.82) is 0 Å². The van der Waals surface area contributed by atoms with Crippen LogP contribution in [0.3, 0.4) is 0 Å². The molecule has 2 aromatic heterocycles. The Bertz CT molecular complexity index is 773. The molecule has 0 radical (unpaired) electrons. The fraction of sp³-hybridized carbons (Fsp3) is 0.200. The number of benzene rings is 1. The van der Waals surface area contributed by atoms with Gasteiger partial charge in [-0.1, -0.05) is 30.3 Å². The summed E-state index contributed by atoms with van der Waals surface area (Å²) in [6.07, 6.45) is 1.56. The molecule has 102 valence electrons. The number of rotatable bonds is 4. The van der Waals surface area contributed by atoms with Crippen LogP contribution in [0.15, 0.2) is 47.3 Å². The molecule has 0 aliphatic rings. The van der Waals surface area contributed by atoms with Crippen molar-refractivity contribution in [3.63, 3.8) is 0 Å². The summed E-state index contributed by atoms with van der Waals surface area (Å²) >= 11 is 0. The lowest BCUT2D eigenvalue weighted by molar-refractivity contribution is 0.796. The lowest BCUT2D eigenvalue weighted by Gasteiger charge is -1.99. The molecule has 5 heteroatoms. The smallest absolute Gasteiger partial charge is 0.272 e. The summed E-state index contributed by atoms with van der Waals surface area (Å²) in [5.74, 6) is 0. The molecule has 0 spiro atoms. The minimum absolute atomic E-state index is 0.0933. The lowest BCUT2D eigenvalue weighted by Crippen LogP contribution is -2.16. The van der Waals surface area contributed by atoms with Crippen LogP contribution < -0.4 is 11.3 Å². The highest BCUT2D eigenvalue weighted by molar-refractivity contribution is 5.63. The first-order valence-electron chi connectivity index (χ1n) is 6.65. The molecular weight excluding hydrogens is 252 g/mol. The number of hydrogen-bond donors (Lipinski definition) is 2. The van der Waals surface area contributed by atoms with Crippen molar-refractivity contribution >= 4 is 5.65 Å². The zero-order valence-corrected chi connectivity index (χ0v) is 11.0. The van der Waals surface area contributed by atoms with E-state index in [1.807, 2.05) is 36.4 Å². The molecule has 0 saturated carbocycles. The van der Waals surface area contributed by atoms with Crippen LogP contribution in [0.5, 0.6) is 0 Å². The largest absolute Gasteiger partial charge is 0.330 e. The van der Waals surface area contributed by atoms with E-state index in [0.29, 0.717) is 12.2 Å². The summed E-state index contributed by atoms with van der Waals surface area (Å²) in [7, 11) is 0. The molecule has 0 fully saturated rings. The first-order chi connectivity index (χ1) is 9.78. The summed E-state index contributed by atoms with van der Waals surface area (Å²) < 4.78 is 1.47. The van der Waals surface area contributed by atoms with Gasteiger partial charge in [0.2, 0.25) is 0 Å². The molecular formula is C15H16N4O. The molecule has 0 unspecified atom stereocenters. The molecule has 0 atom stereocenters. The second kappa shape index (κ2) is 5.30. The number of aromatic nitrogens is 3. The maximum atomic E-state index is 12.1. The Morgan fingerprint density at radius 2 is 2.00 bits per heavy atom. The van der Waals surface area contributed by atoms with Crippen LogP contribution in [0.25, 0.3) is 16.9 Å². The van der Waals surface area contributed by atoms with Crippen LogP contribution in [0.4, 0.5) is 0 Å². The molecule has 0 bridgehead atoms. The quantitative estimate of drug-likeness (QED) is 0.754. The van der Waals surface area contributed by atoms with E-state index in [1.54, 1.807) is 6.07 Å². The monoisotopic (exact) mass is 268 g/mol. The van der Waals surface area contributed by atoms with Crippen molar-refractivity contribution in [2.75, 3.05) is 6.54 Å². The van der Waals surface area contributed by atoms with Gasteiger partial charge in [-0.25, -0.2) is 9.50 Å². The van der Waals surface area contributed by atoms with Gasteiger partial charge in [0.15, 0.2) is 5.65 Å². The molecule has 0 amide bonds. The Hall–Kier alpha value is -2.40. The second-order valence-electron chi connectivity index (χ2n) is 4.71. The molecule has 3 N–H and O–H groups in total. The van der Waals surface area contributed by atoms with Gasteiger partial charge in [-0.3, -0.25) is 9.89 Å². The Morgan fingerprint density at radius 3 is 2.75 bits per heavy atom. The molecule has 20 heavy (non-hydrogen) atoms. The van der Waals surface area contributed by atoms with Crippen LogP contribution in [-0.4, -0.2) is 21.1 Å². The maximum Gasteiger partial charge on any atom is 0.272 e. The summed E-state index contributed by atoms with van der Waals surface area (Å²) in [4.78, 5) is 16.6. The van der Waals surface area contributed by atoms with Gasteiger partial charge in [0.25, 0.3) is 5.56 Å². The first kappa shape index (κ1) is 12.6. The number of nitrogens with one attached hydrogen (secondary N) is 1. The van der Waals surface area contributed by atoms with Gasteiger partial charge in [-0.05, 0) is 24.9 Å². The normalized spacial score (nSPS) is 11.1. The van der Waals surface area contributed by atoms with E-state index in [2.05, 4.69) is 10.1 Å². The van der Waals surface area contributed by atoms with Gasteiger partial charge in [-0.15, -0.1) is 0 Å². The van der Waals surface area contributed by atoms with Crippen molar-refractivity contribution in [3.05, 3.63) is 58.5 Å². The third kappa shape index (κ3) is 2.35. The number of nitrogens with zero attached hydrogens (tertiary/aromatic N) is 2. The zero-order valence-electron chi connectivity index (χ0n) is 11.0. The molecule has 0 aliphatic heterocycles. The van der Waals surface area contributed by atoms with Crippen LogP contribution >= 0.6 is 0 Å². The van der Waals surface area contributed by atoms with Gasteiger partial charge >= 0.3 is 0 Å². The van der Waals surface area contributed by atoms with Gasteiger partial charge in [0.05, 0.1) is 5.69 Å². The zero-order chi connectivity index (χ0) is 13.9. The number of H-pyrrole nitrogens is 1. The number of nitrogens with two attached hydrogens (primary N) is 1. The molecule has 3 aromatic rings. The molecule has 1 aromatic carbocycles. The number of hydrogen-bond acceptors (Lipinski definition) is 3. The fourth-order valence-corrected chi connectivity index (χ4v) is 2.22. The Kier molecular flexibility index (Phi) is 3.35. The van der Waals surface area contributed by atoms with Crippen molar-refractivity contribution in [2.24, 2.45) is 5.73 Å². The third-order valence-electron chi connectivity index (χ3n) is 3.23. The minimum atomic E-state index is -0.0933. The third-order valence-corrected chi connectivity index (χ3v) is 3.23. The molecule has 3 rings (SSSR count). The van der Waals surface area contributed by atoms with Crippen LogP contribution in [0.1, 0.15) is 12.1 Å². The Balaban J connectivity index is 2.07. The van der Waals surface area contributed by atoms with Gasteiger partial charge in [0.1, 0.15) is 0 Å². The van der Waals surface area contributed by atoms with Crippen molar-refractivity contribution in [2.45, 2.75) is 12.8 Å². The highest BCUT2D eigenvalue weighted by Crippen LogP contribution is 2.17. The predicted octanol–water partition coefficient (Wildman–Crippen LogP) is 1.58. The number of aryl methyl sites for hydroxylation is 1. The van der Waals surface area contributed by atoms with Gasteiger partial charge in [-0.2, -0.15) is 0 Å². The van der Waals surface area contributed by atoms with Crippen molar-refractivity contribution < 1.29 is 0 Å². The van der Waals surface area contributed by atoms with E-state index in [1.165, 1.54) is 4.52 Å².